The minimum atomic E-state index is -0.962. The predicted octanol–water partition coefficient (Wildman–Crippen LogP) is 3.26. The van der Waals surface area contributed by atoms with Crippen LogP contribution in [0.4, 0.5) is 0 Å². The Morgan fingerprint density at radius 1 is 1.43 bits per heavy atom. The van der Waals surface area contributed by atoms with E-state index in [4.69, 9.17) is 32.7 Å². The Kier molecular flexibility index (Phi) is 4.17. The molecular formula is C14H15Cl2N3O2. The molecule has 3 rings (SSSR count). The fourth-order valence-electron chi connectivity index (χ4n) is 2.40. The summed E-state index contributed by atoms with van der Waals surface area (Å²) in [5.74, 6) is -0.962. The average molecular weight is 328 g/mol. The molecule has 0 amide bonds. The van der Waals surface area contributed by atoms with Crippen molar-refractivity contribution in [2.24, 2.45) is 0 Å². The Labute approximate surface area is 132 Å². The van der Waals surface area contributed by atoms with Crippen LogP contribution >= 0.6 is 23.2 Å². The second-order valence-corrected chi connectivity index (χ2v) is 5.77. The fourth-order valence-corrected chi connectivity index (χ4v) is 2.95. The van der Waals surface area contributed by atoms with Gasteiger partial charge >= 0.3 is 0 Å². The zero-order valence-corrected chi connectivity index (χ0v) is 13.0. The summed E-state index contributed by atoms with van der Waals surface area (Å²) in [5.41, 5.74) is 0.750. The van der Waals surface area contributed by atoms with E-state index in [-0.39, 0.29) is 6.10 Å². The third-order valence-electron chi connectivity index (χ3n) is 3.49. The lowest BCUT2D eigenvalue weighted by Crippen LogP contribution is -2.34. The van der Waals surface area contributed by atoms with E-state index in [0.717, 1.165) is 12.0 Å². The Hall–Kier alpha value is -1.14. The number of aromatic nitrogens is 3. The molecule has 1 aromatic carbocycles. The molecule has 0 N–H and O–H groups in total. The first-order chi connectivity index (χ1) is 10.1. The third-order valence-corrected chi connectivity index (χ3v) is 4.04. The maximum Gasteiger partial charge on any atom is 0.217 e. The molecule has 1 aromatic heterocycles. The third kappa shape index (κ3) is 2.92. The van der Waals surface area contributed by atoms with E-state index in [1.165, 1.54) is 6.33 Å². The van der Waals surface area contributed by atoms with Crippen LogP contribution in [0.5, 0.6) is 0 Å². The van der Waals surface area contributed by atoms with E-state index in [9.17, 15) is 0 Å². The molecule has 112 valence electrons. The van der Waals surface area contributed by atoms with Crippen LogP contribution in [-0.2, 0) is 21.8 Å². The van der Waals surface area contributed by atoms with E-state index in [0.29, 0.717) is 23.2 Å². The molecule has 1 fully saturated rings. The first kappa shape index (κ1) is 14.8. The smallest absolute Gasteiger partial charge is 0.217 e. The van der Waals surface area contributed by atoms with Gasteiger partial charge in [-0.3, -0.25) is 0 Å². The number of rotatable bonds is 4. The number of nitrogens with zero attached hydrogens (tertiary/aromatic N) is 3. The molecule has 1 saturated heterocycles. The lowest BCUT2D eigenvalue weighted by Gasteiger charge is -2.29. The molecule has 21 heavy (non-hydrogen) atoms. The van der Waals surface area contributed by atoms with Crippen LogP contribution in [0.15, 0.2) is 30.9 Å². The van der Waals surface area contributed by atoms with E-state index < -0.39 is 5.79 Å². The summed E-state index contributed by atoms with van der Waals surface area (Å²) in [7, 11) is 0. The molecule has 0 spiro atoms. The van der Waals surface area contributed by atoms with Crippen molar-refractivity contribution in [1.29, 1.82) is 0 Å². The number of halogens is 2. The monoisotopic (exact) mass is 327 g/mol. The summed E-state index contributed by atoms with van der Waals surface area (Å²) in [5, 5.41) is 5.21. The number of ether oxygens (including phenoxy) is 2. The van der Waals surface area contributed by atoms with E-state index in [1.807, 2.05) is 6.07 Å². The molecule has 0 aliphatic carbocycles. The molecule has 0 unspecified atom stereocenters. The van der Waals surface area contributed by atoms with Gasteiger partial charge in [-0.2, -0.15) is 5.10 Å². The Morgan fingerprint density at radius 2 is 2.29 bits per heavy atom. The van der Waals surface area contributed by atoms with Crippen LogP contribution in [0.25, 0.3) is 0 Å². The minimum absolute atomic E-state index is 0.0280. The number of hydrogen-bond acceptors (Lipinski definition) is 4. The molecule has 0 radical (unpaired) electrons. The van der Waals surface area contributed by atoms with Gasteiger partial charge in [0, 0.05) is 10.6 Å². The van der Waals surface area contributed by atoms with Gasteiger partial charge < -0.3 is 9.47 Å². The minimum Gasteiger partial charge on any atom is -0.342 e. The molecule has 2 aromatic rings. The normalized spacial score (nSPS) is 25.4. The lowest BCUT2D eigenvalue weighted by molar-refractivity contribution is -0.188. The first-order valence-corrected chi connectivity index (χ1v) is 7.48. The van der Waals surface area contributed by atoms with E-state index >= 15 is 0 Å². The van der Waals surface area contributed by atoms with Gasteiger partial charge in [0.15, 0.2) is 0 Å². The average Bonchev–Trinajstić information content (AvgIpc) is 3.09. The Balaban J connectivity index is 1.99. The summed E-state index contributed by atoms with van der Waals surface area (Å²) in [6.07, 6.45) is 3.99. The standard InChI is InChI=1S/C14H15Cl2N3O2/c1-2-11-6-20-14(21-11,7-19-9-17-8-18-19)12-4-3-10(15)5-13(12)16/h3-5,8-9,11H,2,6-7H2,1H3/t11-,14+/m1/s1. The van der Waals surface area contributed by atoms with E-state index in [1.54, 1.807) is 23.1 Å². The fraction of sp³-hybridized carbons (Fsp3) is 0.429. The van der Waals surface area contributed by atoms with Crippen LogP contribution < -0.4 is 0 Å². The summed E-state index contributed by atoms with van der Waals surface area (Å²) < 4.78 is 13.8. The lowest BCUT2D eigenvalue weighted by atomic mass is 10.1. The summed E-state index contributed by atoms with van der Waals surface area (Å²) in [6, 6.07) is 5.30. The molecule has 0 bridgehead atoms. The highest BCUT2D eigenvalue weighted by molar-refractivity contribution is 6.35. The topological polar surface area (TPSA) is 49.2 Å². The summed E-state index contributed by atoms with van der Waals surface area (Å²) in [6.45, 7) is 2.96. The van der Waals surface area contributed by atoms with Crippen LogP contribution in [0, 0.1) is 0 Å². The zero-order valence-electron chi connectivity index (χ0n) is 11.5. The predicted molar refractivity (Wildman–Crippen MR) is 79.3 cm³/mol. The summed E-state index contributed by atoms with van der Waals surface area (Å²) in [4.78, 5) is 3.95. The molecule has 1 aliphatic heterocycles. The second kappa shape index (κ2) is 5.93. The Morgan fingerprint density at radius 3 is 2.90 bits per heavy atom. The number of benzene rings is 1. The van der Waals surface area contributed by atoms with Crippen molar-refractivity contribution in [3.63, 3.8) is 0 Å². The molecule has 1 aliphatic rings. The highest BCUT2D eigenvalue weighted by Crippen LogP contribution is 2.40. The molecule has 0 saturated carbocycles. The van der Waals surface area contributed by atoms with Gasteiger partial charge in [-0.25, -0.2) is 9.67 Å². The van der Waals surface area contributed by atoms with Crippen LogP contribution in [0.3, 0.4) is 0 Å². The molecular weight excluding hydrogens is 313 g/mol. The highest BCUT2D eigenvalue weighted by Gasteiger charge is 2.44. The SMILES string of the molecule is CC[C@@H]1CO[C@](Cn2cncn2)(c2ccc(Cl)cc2Cl)O1. The second-order valence-electron chi connectivity index (χ2n) is 4.93. The van der Waals surface area contributed by atoms with Crippen molar-refractivity contribution in [3.05, 3.63) is 46.5 Å². The van der Waals surface area contributed by atoms with Gasteiger partial charge in [0.2, 0.25) is 5.79 Å². The van der Waals surface area contributed by atoms with Gasteiger partial charge in [-0.15, -0.1) is 0 Å². The van der Waals surface area contributed by atoms with Gasteiger partial charge in [0.25, 0.3) is 0 Å². The van der Waals surface area contributed by atoms with Crippen LogP contribution in [0.1, 0.15) is 18.9 Å². The largest absolute Gasteiger partial charge is 0.342 e. The maximum atomic E-state index is 6.34. The van der Waals surface area contributed by atoms with Crippen molar-refractivity contribution in [2.75, 3.05) is 6.61 Å². The van der Waals surface area contributed by atoms with E-state index in [2.05, 4.69) is 17.0 Å². The van der Waals surface area contributed by atoms with Crippen molar-refractivity contribution < 1.29 is 9.47 Å². The van der Waals surface area contributed by atoms with Gasteiger partial charge in [-0.05, 0) is 18.6 Å². The van der Waals surface area contributed by atoms with Crippen molar-refractivity contribution in [2.45, 2.75) is 31.8 Å². The molecule has 2 atom stereocenters. The van der Waals surface area contributed by atoms with Crippen molar-refractivity contribution >= 4 is 23.2 Å². The van der Waals surface area contributed by atoms with Crippen LogP contribution in [-0.4, -0.2) is 27.5 Å². The van der Waals surface area contributed by atoms with Crippen molar-refractivity contribution in [1.82, 2.24) is 14.8 Å². The van der Waals surface area contributed by atoms with Gasteiger partial charge in [0.1, 0.15) is 19.2 Å². The zero-order chi connectivity index (χ0) is 14.9. The quantitative estimate of drug-likeness (QED) is 0.864. The highest BCUT2D eigenvalue weighted by atomic mass is 35.5. The molecule has 7 heteroatoms. The molecule has 5 nitrogen and oxygen atoms in total. The van der Waals surface area contributed by atoms with Crippen molar-refractivity contribution in [3.8, 4) is 0 Å². The maximum absolute atomic E-state index is 6.34. The summed E-state index contributed by atoms with van der Waals surface area (Å²) >= 11 is 12.3. The Bertz CT molecular complexity index is 621. The number of hydrogen-bond donors (Lipinski definition) is 0. The first-order valence-electron chi connectivity index (χ1n) is 6.72. The van der Waals surface area contributed by atoms with Crippen LogP contribution in [0.2, 0.25) is 10.0 Å². The van der Waals surface area contributed by atoms with Gasteiger partial charge in [-0.1, -0.05) is 36.2 Å². The van der Waals surface area contributed by atoms with Gasteiger partial charge in [0.05, 0.1) is 17.7 Å². The molecule has 2 heterocycles.